The first-order chi connectivity index (χ1) is 16.1. The highest BCUT2D eigenvalue weighted by Crippen LogP contribution is 2.50. The lowest BCUT2D eigenvalue weighted by Gasteiger charge is -2.37. The average Bonchev–Trinajstić information content (AvgIpc) is 3.23. The van der Waals surface area contributed by atoms with Crippen LogP contribution in [0.25, 0.3) is 0 Å². The molecule has 3 aromatic rings. The molecule has 1 amide bonds. The van der Waals surface area contributed by atoms with Crippen LogP contribution in [-0.4, -0.2) is 39.0 Å². The van der Waals surface area contributed by atoms with E-state index in [0.717, 1.165) is 18.2 Å². The van der Waals surface area contributed by atoms with Gasteiger partial charge in [-0.25, -0.2) is 14.5 Å². The topological polar surface area (TPSA) is 84.2 Å². The molecule has 1 aromatic carbocycles. The Balaban J connectivity index is 1.63. The monoisotopic (exact) mass is 482 g/mol. The Morgan fingerprint density at radius 2 is 1.79 bits per heavy atom. The Labute approximate surface area is 188 Å². The minimum Gasteiger partial charge on any atom is -0.363 e. The summed E-state index contributed by atoms with van der Waals surface area (Å²) in [5.74, 6) is -6.88. The summed E-state index contributed by atoms with van der Waals surface area (Å²) >= 11 is 0. The second-order valence-electron chi connectivity index (χ2n) is 7.46. The van der Waals surface area contributed by atoms with Crippen LogP contribution in [0, 0.1) is 5.82 Å². The van der Waals surface area contributed by atoms with E-state index < -0.39 is 48.0 Å². The number of anilines is 1. The molecule has 0 unspecified atom stereocenters. The summed E-state index contributed by atoms with van der Waals surface area (Å²) in [5, 5.41) is 10.2. The van der Waals surface area contributed by atoms with Gasteiger partial charge < -0.3 is 5.32 Å². The standard InChI is InChI=1S/C21H16F6N6O/c22-14-3-1-13(2-4-14)15-9-17(20(23,24)21(25,26)27)33-18(30-15)10-16(32-33)19(34)31-29-11-12-5-7-28-8-6-12/h1-8,10-11,15,17,30H,9H2,(H,31,34)/b29-11-/t15-,17-/m1/s1. The molecule has 0 aliphatic carbocycles. The molecule has 178 valence electrons. The highest BCUT2D eigenvalue weighted by atomic mass is 19.4. The molecule has 0 saturated carbocycles. The molecular weight excluding hydrogens is 466 g/mol. The lowest BCUT2D eigenvalue weighted by Crippen LogP contribution is -2.47. The number of fused-ring (bicyclic) bond motifs is 1. The zero-order valence-corrected chi connectivity index (χ0v) is 17.1. The lowest BCUT2D eigenvalue weighted by molar-refractivity contribution is -0.301. The van der Waals surface area contributed by atoms with Gasteiger partial charge in [-0.3, -0.25) is 9.78 Å². The van der Waals surface area contributed by atoms with Gasteiger partial charge in [-0.05, 0) is 35.4 Å². The number of carbonyl (C=O) groups excluding carboxylic acids is 1. The molecule has 1 aliphatic heterocycles. The minimum atomic E-state index is -5.86. The van der Waals surface area contributed by atoms with Crippen LogP contribution >= 0.6 is 0 Å². The fraction of sp³-hybridized carbons (Fsp3) is 0.238. The molecule has 34 heavy (non-hydrogen) atoms. The minimum absolute atomic E-state index is 0.224. The summed E-state index contributed by atoms with van der Waals surface area (Å²) in [6, 6.07) is 5.50. The third-order valence-corrected chi connectivity index (χ3v) is 5.20. The van der Waals surface area contributed by atoms with Crippen molar-refractivity contribution in [2.75, 3.05) is 5.32 Å². The van der Waals surface area contributed by atoms with Crippen molar-refractivity contribution >= 4 is 17.9 Å². The molecule has 0 fully saturated rings. The molecule has 0 spiro atoms. The van der Waals surface area contributed by atoms with Crippen molar-refractivity contribution in [3.8, 4) is 0 Å². The maximum atomic E-state index is 14.4. The van der Waals surface area contributed by atoms with Crippen molar-refractivity contribution in [1.29, 1.82) is 0 Å². The number of hydrazone groups is 1. The number of alkyl halides is 5. The quantitative estimate of drug-likeness (QED) is 0.319. The Kier molecular flexibility index (Phi) is 6.02. The molecule has 13 heteroatoms. The summed E-state index contributed by atoms with van der Waals surface area (Å²) in [6.07, 6.45) is -2.29. The van der Waals surface area contributed by atoms with Crippen LogP contribution in [0.3, 0.4) is 0 Å². The number of nitrogens with zero attached hydrogens (tertiary/aromatic N) is 4. The number of hydrogen-bond acceptors (Lipinski definition) is 5. The van der Waals surface area contributed by atoms with Gasteiger partial charge in [-0.2, -0.15) is 32.2 Å². The van der Waals surface area contributed by atoms with E-state index in [0.29, 0.717) is 15.8 Å². The van der Waals surface area contributed by atoms with Gasteiger partial charge in [0.05, 0.1) is 12.3 Å². The Morgan fingerprint density at radius 1 is 1.12 bits per heavy atom. The van der Waals surface area contributed by atoms with Crippen molar-refractivity contribution in [2.24, 2.45) is 5.10 Å². The van der Waals surface area contributed by atoms with Crippen LogP contribution in [0.1, 0.15) is 40.1 Å². The predicted molar refractivity (Wildman–Crippen MR) is 109 cm³/mol. The molecule has 3 heterocycles. The number of nitrogens with one attached hydrogen (secondary N) is 2. The van der Waals surface area contributed by atoms with E-state index in [9.17, 15) is 31.1 Å². The normalized spacial score (nSPS) is 18.4. The van der Waals surface area contributed by atoms with E-state index in [4.69, 9.17) is 0 Å². The van der Waals surface area contributed by atoms with Crippen molar-refractivity contribution in [2.45, 2.75) is 30.6 Å². The summed E-state index contributed by atoms with van der Waals surface area (Å²) in [4.78, 5) is 16.2. The predicted octanol–water partition coefficient (Wildman–Crippen LogP) is 4.48. The van der Waals surface area contributed by atoms with E-state index in [-0.39, 0.29) is 5.82 Å². The molecule has 0 saturated heterocycles. The van der Waals surface area contributed by atoms with Crippen LogP contribution in [0.15, 0.2) is 60.0 Å². The van der Waals surface area contributed by atoms with Crippen molar-refractivity contribution in [3.05, 3.63) is 77.5 Å². The van der Waals surface area contributed by atoms with Gasteiger partial charge in [0.25, 0.3) is 5.91 Å². The van der Waals surface area contributed by atoms with Gasteiger partial charge in [-0.15, -0.1) is 0 Å². The molecular formula is C21H16F6N6O. The first-order valence-electron chi connectivity index (χ1n) is 9.86. The molecule has 2 atom stereocenters. The maximum Gasteiger partial charge on any atom is 0.455 e. The van der Waals surface area contributed by atoms with E-state index in [1.54, 1.807) is 12.1 Å². The summed E-state index contributed by atoms with van der Waals surface area (Å²) < 4.78 is 82.3. The zero-order valence-electron chi connectivity index (χ0n) is 17.1. The number of amides is 1. The SMILES string of the molecule is O=C(N/N=C\c1ccncc1)c1cc2n(n1)[C@@H](C(F)(F)C(F)(F)F)C[C@H](c1ccc(F)cc1)N2. The molecule has 0 radical (unpaired) electrons. The third-order valence-electron chi connectivity index (χ3n) is 5.20. The van der Waals surface area contributed by atoms with Crippen molar-refractivity contribution in [1.82, 2.24) is 20.2 Å². The van der Waals surface area contributed by atoms with Gasteiger partial charge in [0.2, 0.25) is 0 Å². The van der Waals surface area contributed by atoms with Crippen LogP contribution in [0.5, 0.6) is 0 Å². The second-order valence-corrected chi connectivity index (χ2v) is 7.46. The number of aromatic nitrogens is 3. The van der Waals surface area contributed by atoms with Gasteiger partial charge in [0, 0.05) is 24.9 Å². The third kappa shape index (κ3) is 4.58. The van der Waals surface area contributed by atoms with Gasteiger partial charge in [0.1, 0.15) is 17.7 Å². The molecule has 2 aromatic heterocycles. The summed E-state index contributed by atoms with van der Waals surface area (Å²) in [7, 11) is 0. The Bertz CT molecular complexity index is 1190. The molecule has 1 aliphatic rings. The van der Waals surface area contributed by atoms with E-state index in [1.165, 1.54) is 30.7 Å². The lowest BCUT2D eigenvalue weighted by atomic mass is 9.93. The zero-order chi connectivity index (χ0) is 24.5. The highest BCUT2D eigenvalue weighted by Gasteiger charge is 2.64. The summed E-state index contributed by atoms with van der Waals surface area (Å²) in [5.41, 5.74) is 2.63. The number of rotatable bonds is 5. The van der Waals surface area contributed by atoms with Crippen LogP contribution in [-0.2, 0) is 0 Å². The number of carbonyl (C=O) groups is 1. The Hall–Kier alpha value is -3.90. The molecule has 4 rings (SSSR count). The average molecular weight is 482 g/mol. The Morgan fingerprint density at radius 3 is 2.44 bits per heavy atom. The smallest absolute Gasteiger partial charge is 0.363 e. The largest absolute Gasteiger partial charge is 0.455 e. The summed E-state index contributed by atoms with van der Waals surface area (Å²) in [6.45, 7) is 0. The molecule has 0 bridgehead atoms. The van der Waals surface area contributed by atoms with Crippen molar-refractivity contribution < 1.29 is 31.1 Å². The van der Waals surface area contributed by atoms with Gasteiger partial charge in [0.15, 0.2) is 5.69 Å². The first-order valence-corrected chi connectivity index (χ1v) is 9.86. The van der Waals surface area contributed by atoms with Crippen LogP contribution in [0.2, 0.25) is 0 Å². The molecule has 2 N–H and O–H groups in total. The maximum absolute atomic E-state index is 14.4. The van der Waals surface area contributed by atoms with Crippen molar-refractivity contribution in [3.63, 3.8) is 0 Å². The van der Waals surface area contributed by atoms with Crippen LogP contribution < -0.4 is 10.7 Å². The fourth-order valence-corrected chi connectivity index (χ4v) is 3.49. The number of benzene rings is 1. The van der Waals surface area contributed by atoms with E-state index in [1.807, 2.05) is 0 Å². The van der Waals surface area contributed by atoms with E-state index >= 15 is 0 Å². The highest BCUT2D eigenvalue weighted by molar-refractivity contribution is 5.93. The van der Waals surface area contributed by atoms with Crippen LogP contribution in [0.4, 0.5) is 32.2 Å². The van der Waals surface area contributed by atoms with Gasteiger partial charge in [-0.1, -0.05) is 12.1 Å². The van der Waals surface area contributed by atoms with E-state index in [2.05, 4.69) is 25.9 Å². The first kappa shape index (κ1) is 23.3. The number of hydrogen-bond donors (Lipinski definition) is 2. The van der Waals surface area contributed by atoms with Gasteiger partial charge >= 0.3 is 12.1 Å². The fourth-order valence-electron chi connectivity index (χ4n) is 3.49. The number of halogens is 6. The number of pyridine rings is 1. The molecule has 7 nitrogen and oxygen atoms in total. The second kappa shape index (κ2) is 8.80.